The van der Waals surface area contributed by atoms with E-state index < -0.39 is 0 Å². The molecule has 0 spiro atoms. The van der Waals surface area contributed by atoms with Crippen LogP contribution in [-0.4, -0.2) is 41.0 Å². The molecule has 1 aromatic carbocycles. The number of carbonyl (C=O) groups excluding carboxylic acids is 1. The number of aromatic nitrogens is 6. The fraction of sp³-hybridized carbons (Fsp3) is 0.192. The van der Waals surface area contributed by atoms with E-state index in [4.69, 9.17) is 4.52 Å². The monoisotopic (exact) mass is 484 g/mol. The fourth-order valence-electron chi connectivity index (χ4n) is 4.04. The molecule has 0 amide bonds. The lowest BCUT2D eigenvalue weighted by molar-refractivity contribution is 0.102. The number of hydrogen-bond acceptors (Lipinski definition) is 7. The number of ketones is 1. The van der Waals surface area contributed by atoms with Crippen LogP contribution in [0.3, 0.4) is 0 Å². The summed E-state index contributed by atoms with van der Waals surface area (Å²) in [5, 5.41) is 13.6. The molecule has 0 fully saturated rings. The van der Waals surface area contributed by atoms with E-state index in [9.17, 15) is 4.79 Å². The Morgan fingerprint density at radius 2 is 1.69 bits per heavy atom. The first-order valence-corrected chi connectivity index (χ1v) is 12.1. The van der Waals surface area contributed by atoms with Gasteiger partial charge in [0.15, 0.2) is 22.6 Å². The predicted molar refractivity (Wildman–Crippen MR) is 134 cm³/mol. The number of thioether (sulfide) groups is 1. The zero-order valence-corrected chi connectivity index (χ0v) is 20.7. The maximum Gasteiger partial charge on any atom is 0.196 e. The van der Waals surface area contributed by atoms with E-state index >= 15 is 0 Å². The molecule has 4 aromatic heterocycles. The maximum atomic E-state index is 13.3. The Balaban J connectivity index is 1.45. The molecular weight excluding hydrogens is 460 g/mol. The number of carbonyl (C=O) groups is 1. The Morgan fingerprint density at radius 1 is 0.943 bits per heavy atom. The summed E-state index contributed by atoms with van der Waals surface area (Å²) in [6, 6.07) is 15.7. The lowest BCUT2D eigenvalue weighted by atomic mass is 10.2. The maximum absolute atomic E-state index is 13.3. The van der Waals surface area contributed by atoms with Gasteiger partial charge < -0.3 is 4.52 Å². The van der Waals surface area contributed by atoms with Crippen LogP contribution in [0.5, 0.6) is 0 Å². The van der Waals surface area contributed by atoms with Crippen molar-refractivity contribution in [2.24, 2.45) is 0 Å². The largest absolute Gasteiger partial charge is 0.360 e. The van der Waals surface area contributed by atoms with Crippen LogP contribution < -0.4 is 0 Å². The lowest BCUT2D eigenvalue weighted by Crippen LogP contribution is -2.07. The lowest BCUT2D eigenvalue weighted by Gasteiger charge is -2.10. The Morgan fingerprint density at radius 3 is 2.37 bits per heavy atom. The third-order valence-corrected chi connectivity index (χ3v) is 6.70. The normalized spacial score (nSPS) is 11.2. The van der Waals surface area contributed by atoms with Crippen molar-refractivity contribution in [1.82, 2.24) is 29.5 Å². The number of benzene rings is 1. The molecule has 5 aromatic rings. The smallest absolute Gasteiger partial charge is 0.196 e. The van der Waals surface area contributed by atoms with Gasteiger partial charge in [-0.1, -0.05) is 34.6 Å². The van der Waals surface area contributed by atoms with E-state index in [1.54, 1.807) is 12.4 Å². The van der Waals surface area contributed by atoms with Crippen LogP contribution in [0, 0.1) is 27.7 Å². The highest BCUT2D eigenvalue weighted by molar-refractivity contribution is 7.99. The van der Waals surface area contributed by atoms with E-state index in [2.05, 4.69) is 20.3 Å². The summed E-state index contributed by atoms with van der Waals surface area (Å²) < 4.78 is 9.14. The van der Waals surface area contributed by atoms with Gasteiger partial charge in [-0.3, -0.25) is 18.9 Å². The molecule has 9 heteroatoms. The van der Waals surface area contributed by atoms with Crippen molar-refractivity contribution in [3.63, 3.8) is 0 Å². The molecule has 0 aliphatic rings. The van der Waals surface area contributed by atoms with Gasteiger partial charge in [-0.25, -0.2) is 0 Å². The average Bonchev–Trinajstić information content (AvgIpc) is 3.55. The van der Waals surface area contributed by atoms with E-state index in [0.29, 0.717) is 22.4 Å². The quantitative estimate of drug-likeness (QED) is 0.228. The van der Waals surface area contributed by atoms with Crippen molar-refractivity contribution in [3.8, 4) is 22.9 Å². The standard InChI is InChI=1S/C26H24N6O2S/c1-16-5-7-21(8-6-16)32-25(20-9-11-27-12-10-20)28-29-26(32)35-15-23(33)22-13-17(2)31(19(22)4)24-14-18(3)34-30-24/h5-14H,15H2,1-4H3. The van der Waals surface area contributed by atoms with Gasteiger partial charge in [-0.05, 0) is 58.0 Å². The first-order chi connectivity index (χ1) is 16.9. The molecule has 0 atom stereocenters. The van der Waals surface area contributed by atoms with Gasteiger partial charge in [0.05, 0.1) is 5.75 Å². The third kappa shape index (κ3) is 4.42. The summed E-state index contributed by atoms with van der Waals surface area (Å²) in [4.78, 5) is 17.4. The van der Waals surface area contributed by atoms with E-state index in [0.717, 1.165) is 34.0 Å². The summed E-state index contributed by atoms with van der Waals surface area (Å²) in [5.41, 5.74) is 5.41. The number of hydrogen-bond donors (Lipinski definition) is 0. The molecule has 0 bridgehead atoms. The molecule has 8 nitrogen and oxygen atoms in total. The number of aryl methyl sites for hydroxylation is 3. The third-order valence-electron chi connectivity index (χ3n) is 5.77. The number of rotatable bonds is 7. The molecular formula is C26H24N6O2S. The van der Waals surface area contributed by atoms with Crippen LogP contribution in [0.1, 0.15) is 33.1 Å². The zero-order valence-electron chi connectivity index (χ0n) is 19.9. The van der Waals surface area contributed by atoms with Crippen molar-refractivity contribution in [3.05, 3.63) is 89.2 Å². The second-order valence-corrected chi connectivity index (χ2v) is 9.28. The fourth-order valence-corrected chi connectivity index (χ4v) is 4.88. The van der Waals surface area contributed by atoms with E-state index in [1.807, 2.05) is 85.4 Å². The molecule has 35 heavy (non-hydrogen) atoms. The molecule has 176 valence electrons. The van der Waals surface area contributed by atoms with Gasteiger partial charge in [0.25, 0.3) is 0 Å². The second kappa shape index (κ2) is 9.34. The highest BCUT2D eigenvalue weighted by atomic mass is 32.2. The Hall–Kier alpha value is -3.98. The van der Waals surface area contributed by atoms with Crippen LogP contribution in [0.15, 0.2) is 70.6 Å². The molecule has 0 unspecified atom stereocenters. The van der Waals surface area contributed by atoms with Crippen molar-refractivity contribution in [2.45, 2.75) is 32.9 Å². The molecule has 0 aliphatic heterocycles. The average molecular weight is 485 g/mol. The zero-order chi connectivity index (χ0) is 24.5. The molecule has 4 heterocycles. The minimum Gasteiger partial charge on any atom is -0.360 e. The highest BCUT2D eigenvalue weighted by Crippen LogP contribution is 2.29. The van der Waals surface area contributed by atoms with Crippen molar-refractivity contribution in [1.29, 1.82) is 0 Å². The SMILES string of the molecule is Cc1ccc(-n2c(SCC(=O)c3cc(C)n(-c4cc(C)on4)c3C)nnc2-c2ccncc2)cc1. The minimum atomic E-state index is 0.0125. The van der Waals surface area contributed by atoms with Gasteiger partial charge in [0, 0.05) is 46.7 Å². The molecule has 0 saturated heterocycles. The summed E-state index contributed by atoms with van der Waals surface area (Å²) in [5.74, 6) is 2.33. The number of Topliss-reactive ketones (excluding diaryl/α,β-unsaturated/α-hetero) is 1. The van der Waals surface area contributed by atoms with Crippen molar-refractivity contribution < 1.29 is 9.32 Å². The van der Waals surface area contributed by atoms with Crippen LogP contribution >= 0.6 is 11.8 Å². The Bertz CT molecular complexity index is 1500. The first-order valence-electron chi connectivity index (χ1n) is 11.1. The Labute approximate surface area is 207 Å². The molecule has 0 saturated carbocycles. The van der Waals surface area contributed by atoms with Crippen LogP contribution in [-0.2, 0) is 0 Å². The summed E-state index contributed by atoms with van der Waals surface area (Å²) in [7, 11) is 0. The molecule has 0 radical (unpaired) electrons. The first kappa shape index (κ1) is 22.8. The summed E-state index contributed by atoms with van der Waals surface area (Å²) in [6.07, 6.45) is 3.46. The highest BCUT2D eigenvalue weighted by Gasteiger charge is 2.21. The number of nitrogens with zero attached hydrogens (tertiary/aromatic N) is 6. The van der Waals surface area contributed by atoms with Crippen LogP contribution in [0.4, 0.5) is 0 Å². The predicted octanol–water partition coefficient (Wildman–Crippen LogP) is 5.32. The minimum absolute atomic E-state index is 0.0125. The van der Waals surface area contributed by atoms with Gasteiger partial charge in [0.2, 0.25) is 0 Å². The summed E-state index contributed by atoms with van der Waals surface area (Å²) >= 11 is 1.37. The molecule has 0 N–H and O–H groups in total. The van der Waals surface area contributed by atoms with Crippen molar-refractivity contribution >= 4 is 17.5 Å². The van der Waals surface area contributed by atoms with Gasteiger partial charge >= 0.3 is 0 Å². The van der Waals surface area contributed by atoms with E-state index in [1.165, 1.54) is 11.8 Å². The number of pyridine rings is 1. The van der Waals surface area contributed by atoms with Crippen LogP contribution in [0.2, 0.25) is 0 Å². The van der Waals surface area contributed by atoms with Crippen LogP contribution in [0.25, 0.3) is 22.9 Å². The van der Waals surface area contributed by atoms with E-state index in [-0.39, 0.29) is 11.5 Å². The molecule has 5 rings (SSSR count). The van der Waals surface area contributed by atoms with Gasteiger partial charge in [-0.2, -0.15) is 0 Å². The topological polar surface area (TPSA) is 91.6 Å². The molecule has 0 aliphatic carbocycles. The van der Waals surface area contributed by atoms with Gasteiger partial charge in [-0.15, -0.1) is 10.2 Å². The second-order valence-electron chi connectivity index (χ2n) is 8.34. The van der Waals surface area contributed by atoms with Crippen molar-refractivity contribution in [2.75, 3.05) is 5.75 Å². The van der Waals surface area contributed by atoms with Gasteiger partial charge in [0.1, 0.15) is 5.76 Å². The summed E-state index contributed by atoms with van der Waals surface area (Å²) in [6.45, 7) is 7.77. The Kier molecular flexibility index (Phi) is 6.08.